The molecule has 0 heterocycles. The van der Waals surface area contributed by atoms with Crippen molar-refractivity contribution >= 4 is 0 Å². The summed E-state index contributed by atoms with van der Waals surface area (Å²) in [5.74, 6) is 0. The van der Waals surface area contributed by atoms with Crippen LogP contribution < -0.4 is 9.80 Å². The van der Waals surface area contributed by atoms with Gasteiger partial charge in [-0.1, -0.05) is 65.2 Å². The molecule has 0 spiro atoms. The van der Waals surface area contributed by atoms with Gasteiger partial charge in [-0.25, -0.2) is 0 Å². The molecule has 2 N–H and O–H groups in total. The molecule has 0 bridgehead atoms. The Morgan fingerprint density at radius 1 is 0.457 bits per heavy atom. The Balaban J connectivity index is 4.74. The second-order valence-corrected chi connectivity index (χ2v) is 11.1. The lowest BCUT2D eigenvalue weighted by Gasteiger charge is -2.33. The molecule has 0 aromatic heterocycles. The smallest absolute Gasteiger partial charge is 0.100 e. The molecule has 0 saturated carbocycles. The first-order valence-corrected chi connectivity index (χ1v) is 14.8. The number of hydrogen-bond donors (Lipinski definition) is 2. The van der Waals surface area contributed by atoms with Crippen LogP contribution >= 0.6 is 0 Å². The minimum Gasteiger partial charge on any atom is -0.381 e. The Bertz CT molecular complexity index is 383. The van der Waals surface area contributed by atoms with Gasteiger partial charge in [0.25, 0.3) is 0 Å². The van der Waals surface area contributed by atoms with Crippen LogP contribution in [0.3, 0.4) is 0 Å². The topological polar surface area (TPSA) is 45.8 Å². The first kappa shape index (κ1) is 34.8. The van der Waals surface area contributed by atoms with Gasteiger partial charge in [0.05, 0.1) is 61.2 Å². The van der Waals surface area contributed by atoms with Crippen LogP contribution in [0.1, 0.15) is 90.9 Å². The molecule has 6 nitrogen and oxygen atoms in total. The molecule has 0 aromatic rings. The third-order valence-electron chi connectivity index (χ3n) is 6.50. The lowest BCUT2D eigenvalue weighted by molar-refractivity contribution is -0.858. The molecule has 0 amide bonds. The summed E-state index contributed by atoms with van der Waals surface area (Å²) in [6.45, 7) is 12.9. The number of likely N-dealkylation sites (N-methyl/N-ethyl adjacent to an activating group) is 2. The van der Waals surface area contributed by atoms with Gasteiger partial charge in [-0.05, 0) is 25.7 Å². The van der Waals surface area contributed by atoms with Crippen LogP contribution in [0.15, 0.2) is 0 Å². The van der Waals surface area contributed by atoms with Gasteiger partial charge in [-0.2, -0.15) is 0 Å². The Labute approximate surface area is 219 Å². The monoisotopic (exact) mass is 504 g/mol. The first-order chi connectivity index (χ1) is 17.0. The molecule has 0 rings (SSSR count). The predicted octanol–water partition coefficient (Wildman–Crippen LogP) is 3.05. The average molecular weight is 505 g/mol. The van der Waals surface area contributed by atoms with Crippen molar-refractivity contribution in [2.45, 2.75) is 90.9 Å². The Hall–Kier alpha value is -0.240. The van der Waals surface area contributed by atoms with Gasteiger partial charge in [0.2, 0.25) is 0 Å². The molecule has 0 atom stereocenters. The van der Waals surface area contributed by atoms with E-state index in [-0.39, 0.29) is 5.41 Å². The Morgan fingerprint density at radius 3 is 1.43 bits per heavy atom. The van der Waals surface area contributed by atoms with Crippen LogP contribution in [0, 0.1) is 5.41 Å². The van der Waals surface area contributed by atoms with E-state index in [9.17, 15) is 0 Å². The molecule has 0 fully saturated rings. The zero-order chi connectivity index (χ0) is 26.0. The minimum atomic E-state index is -0.0609. The molecule has 212 valence electrons. The van der Waals surface area contributed by atoms with Crippen molar-refractivity contribution < 1.29 is 28.7 Å². The first-order valence-electron chi connectivity index (χ1n) is 14.8. The van der Waals surface area contributed by atoms with Crippen LogP contribution in [0.25, 0.3) is 0 Å². The maximum Gasteiger partial charge on any atom is 0.100 e. The standard InChI is InChI=1S/C29H62N2O4/c1-7-9-11-12-13-16-23-33-26-29(27-34-24-19-30(3)4,28-35-25-20-31(5)6)18-15-14-17-22-32-21-10-8-2/h7-28H2,1-6H3/p+2. The van der Waals surface area contributed by atoms with Crippen molar-refractivity contribution in [2.75, 3.05) is 94.1 Å². The fourth-order valence-electron chi connectivity index (χ4n) is 3.97. The van der Waals surface area contributed by atoms with Crippen LogP contribution in [0.4, 0.5) is 0 Å². The Morgan fingerprint density at radius 2 is 0.886 bits per heavy atom. The highest BCUT2D eigenvalue weighted by molar-refractivity contribution is 4.79. The van der Waals surface area contributed by atoms with E-state index >= 15 is 0 Å². The summed E-state index contributed by atoms with van der Waals surface area (Å²) >= 11 is 0. The molecular weight excluding hydrogens is 440 g/mol. The molecule has 0 radical (unpaired) electrons. The minimum absolute atomic E-state index is 0.0609. The van der Waals surface area contributed by atoms with Crippen molar-refractivity contribution in [2.24, 2.45) is 5.41 Å². The molecule has 0 saturated heterocycles. The van der Waals surface area contributed by atoms with Crippen molar-refractivity contribution in [3.05, 3.63) is 0 Å². The average Bonchev–Trinajstić information content (AvgIpc) is 2.82. The second kappa shape index (κ2) is 25.4. The lowest BCUT2D eigenvalue weighted by atomic mass is 9.84. The highest BCUT2D eigenvalue weighted by Gasteiger charge is 2.31. The van der Waals surface area contributed by atoms with Crippen molar-refractivity contribution in [3.8, 4) is 0 Å². The quantitative estimate of drug-likeness (QED) is 0.161. The van der Waals surface area contributed by atoms with Crippen LogP contribution in [-0.4, -0.2) is 94.1 Å². The number of rotatable bonds is 28. The third-order valence-corrected chi connectivity index (χ3v) is 6.50. The molecule has 0 aromatic carbocycles. The van der Waals surface area contributed by atoms with E-state index in [0.29, 0.717) is 0 Å². The number of hydrogen-bond acceptors (Lipinski definition) is 4. The predicted molar refractivity (Wildman–Crippen MR) is 148 cm³/mol. The van der Waals surface area contributed by atoms with Gasteiger partial charge in [0, 0.05) is 25.2 Å². The van der Waals surface area contributed by atoms with Crippen LogP contribution in [0.5, 0.6) is 0 Å². The van der Waals surface area contributed by atoms with Gasteiger partial charge in [0.1, 0.15) is 13.1 Å². The van der Waals surface area contributed by atoms with Crippen molar-refractivity contribution in [1.82, 2.24) is 0 Å². The molecule has 0 aliphatic carbocycles. The van der Waals surface area contributed by atoms with Crippen LogP contribution in [-0.2, 0) is 18.9 Å². The van der Waals surface area contributed by atoms with E-state index in [1.807, 2.05) is 0 Å². The van der Waals surface area contributed by atoms with E-state index in [4.69, 9.17) is 18.9 Å². The fourth-order valence-corrected chi connectivity index (χ4v) is 3.97. The Kier molecular flexibility index (Phi) is 25.2. The largest absolute Gasteiger partial charge is 0.381 e. The summed E-state index contributed by atoms with van der Waals surface area (Å²) in [7, 11) is 8.70. The van der Waals surface area contributed by atoms with E-state index in [0.717, 1.165) is 91.6 Å². The highest BCUT2D eigenvalue weighted by Crippen LogP contribution is 2.28. The fraction of sp³-hybridized carbons (Fsp3) is 1.00. The SMILES string of the molecule is CCCCCCCCOCC(CCCCCOCCCC)(COCC[NH+](C)C)COCC[NH+](C)C. The van der Waals surface area contributed by atoms with Crippen molar-refractivity contribution in [3.63, 3.8) is 0 Å². The molecule has 0 aliphatic rings. The number of ether oxygens (including phenoxy) is 4. The van der Waals surface area contributed by atoms with Crippen molar-refractivity contribution in [1.29, 1.82) is 0 Å². The van der Waals surface area contributed by atoms with Crippen LogP contribution in [0.2, 0.25) is 0 Å². The van der Waals surface area contributed by atoms with E-state index < -0.39 is 0 Å². The number of nitrogens with one attached hydrogen (secondary N) is 2. The number of unbranched alkanes of at least 4 members (excludes halogenated alkanes) is 8. The highest BCUT2D eigenvalue weighted by atomic mass is 16.5. The summed E-state index contributed by atoms with van der Waals surface area (Å²) in [6, 6.07) is 0. The second-order valence-electron chi connectivity index (χ2n) is 11.1. The summed E-state index contributed by atoms with van der Waals surface area (Å²) < 4.78 is 24.5. The normalized spacial score (nSPS) is 12.3. The summed E-state index contributed by atoms with van der Waals surface area (Å²) in [5, 5.41) is 0. The molecule has 0 unspecified atom stereocenters. The van der Waals surface area contributed by atoms with E-state index in [1.54, 1.807) is 0 Å². The van der Waals surface area contributed by atoms with Gasteiger partial charge in [0.15, 0.2) is 0 Å². The molecule has 6 heteroatoms. The molecule has 35 heavy (non-hydrogen) atoms. The van der Waals surface area contributed by atoms with E-state index in [2.05, 4.69) is 42.0 Å². The molecular formula is C29H64N2O4+2. The molecule has 0 aliphatic heterocycles. The zero-order valence-electron chi connectivity index (χ0n) is 24.7. The van der Waals surface area contributed by atoms with Gasteiger partial charge in [-0.15, -0.1) is 0 Å². The summed E-state index contributed by atoms with van der Waals surface area (Å²) in [5.41, 5.74) is -0.0609. The summed E-state index contributed by atoms with van der Waals surface area (Å²) in [4.78, 5) is 2.84. The van der Waals surface area contributed by atoms with Gasteiger partial charge >= 0.3 is 0 Å². The van der Waals surface area contributed by atoms with E-state index in [1.165, 1.54) is 61.2 Å². The maximum absolute atomic E-state index is 6.29. The third kappa shape index (κ3) is 23.9. The maximum atomic E-state index is 6.29. The van der Waals surface area contributed by atoms with Gasteiger partial charge < -0.3 is 28.7 Å². The lowest BCUT2D eigenvalue weighted by Crippen LogP contribution is -3.06. The summed E-state index contributed by atoms with van der Waals surface area (Å²) in [6.07, 6.45) is 14.7. The zero-order valence-corrected chi connectivity index (χ0v) is 24.7. The van der Waals surface area contributed by atoms with Gasteiger partial charge in [-0.3, -0.25) is 0 Å². The number of quaternary nitrogens is 2.